The van der Waals surface area contributed by atoms with E-state index in [1.54, 1.807) is 18.4 Å². The Bertz CT molecular complexity index is 1460. The molecule has 1 saturated heterocycles. The number of carbonyl (C=O) groups is 3. The number of nitrogens with one attached hydrogen (secondary N) is 3. The minimum absolute atomic E-state index is 0.159. The molecule has 3 atom stereocenters. The van der Waals surface area contributed by atoms with E-state index in [-0.39, 0.29) is 11.4 Å². The number of hydrogen-bond acceptors (Lipinski definition) is 6. The molecule has 1 aliphatic heterocycles. The molecule has 0 spiro atoms. The lowest BCUT2D eigenvalue weighted by molar-refractivity contribution is -0.171. The van der Waals surface area contributed by atoms with Crippen LogP contribution in [0.5, 0.6) is 11.5 Å². The third-order valence-corrected chi connectivity index (χ3v) is 7.78. The van der Waals surface area contributed by atoms with Crippen LogP contribution in [0.4, 0.5) is 17.6 Å². The van der Waals surface area contributed by atoms with Gasteiger partial charge in [0.2, 0.25) is 11.8 Å². The number of ether oxygens (including phenoxy) is 1. The normalized spacial score (nSPS) is 17.4. The highest BCUT2D eigenvalue weighted by molar-refractivity contribution is 7.10. The number of benzene rings is 2. The van der Waals surface area contributed by atoms with Crippen molar-refractivity contribution in [1.29, 1.82) is 5.41 Å². The van der Waals surface area contributed by atoms with Crippen molar-refractivity contribution in [1.82, 2.24) is 15.5 Å². The lowest BCUT2D eigenvalue weighted by Gasteiger charge is -2.25. The van der Waals surface area contributed by atoms with E-state index in [0.717, 1.165) is 4.90 Å². The maximum Gasteiger partial charge on any atom is 0.393 e. The number of nitrogen functional groups attached to an aromatic ring is 1. The Morgan fingerprint density at radius 1 is 1.10 bits per heavy atom. The van der Waals surface area contributed by atoms with E-state index in [4.69, 9.17) is 15.9 Å². The Hall–Kier alpha value is -4.46. The molecular weight excluding hydrogens is 578 g/mol. The number of hydrogen-bond donors (Lipinski definition) is 4. The number of carbonyl (C=O) groups excluding carboxylic acids is 3. The largest absolute Gasteiger partial charge is 0.457 e. The van der Waals surface area contributed by atoms with Crippen molar-refractivity contribution in [2.75, 3.05) is 13.1 Å². The highest BCUT2D eigenvalue weighted by atomic mass is 32.1. The third kappa shape index (κ3) is 7.43. The average Bonchev–Trinajstić information content (AvgIpc) is 3.62. The van der Waals surface area contributed by atoms with Crippen LogP contribution >= 0.6 is 11.3 Å². The highest BCUT2D eigenvalue weighted by Crippen LogP contribution is 2.37. The van der Waals surface area contributed by atoms with Crippen LogP contribution in [0.25, 0.3) is 0 Å². The molecule has 1 aromatic heterocycles. The summed E-state index contributed by atoms with van der Waals surface area (Å²) >= 11 is 1.23. The second-order valence-electron chi connectivity index (χ2n) is 9.68. The van der Waals surface area contributed by atoms with Gasteiger partial charge in [-0.05, 0) is 67.9 Å². The summed E-state index contributed by atoms with van der Waals surface area (Å²) in [6.07, 6.45) is -5.23. The van der Waals surface area contributed by atoms with Crippen LogP contribution in [0.1, 0.15) is 40.2 Å². The molecule has 2 heterocycles. The van der Waals surface area contributed by atoms with Gasteiger partial charge in [-0.3, -0.25) is 19.8 Å². The van der Waals surface area contributed by atoms with Gasteiger partial charge in [0.25, 0.3) is 5.91 Å². The molecule has 1 fully saturated rings. The first-order chi connectivity index (χ1) is 19.8. The van der Waals surface area contributed by atoms with Crippen molar-refractivity contribution >= 4 is 34.9 Å². The summed E-state index contributed by atoms with van der Waals surface area (Å²) in [6, 6.07) is 10.8. The summed E-state index contributed by atoms with van der Waals surface area (Å²) in [5.41, 5.74) is 6.08. The molecule has 0 saturated carbocycles. The van der Waals surface area contributed by atoms with Gasteiger partial charge < -0.3 is 26.0 Å². The number of nitrogens with two attached hydrogens (primary N) is 1. The molecule has 42 heavy (non-hydrogen) atoms. The maximum absolute atomic E-state index is 13.6. The van der Waals surface area contributed by atoms with Crippen LogP contribution in [-0.4, -0.2) is 53.8 Å². The summed E-state index contributed by atoms with van der Waals surface area (Å²) in [7, 11) is 0. The van der Waals surface area contributed by atoms with Gasteiger partial charge in [0.05, 0.1) is 18.5 Å². The second kappa shape index (κ2) is 12.6. The summed E-state index contributed by atoms with van der Waals surface area (Å²) in [5, 5.41) is 14.2. The molecule has 1 unspecified atom stereocenters. The standard InChI is InChI=1S/C28H27F4N5O4S/c1-15(23-10-17(14-42-23)25(33)34)36-27(40)22-11-18(28(30,31)32)13-37(22)24(38)12-35-26(39)16-2-6-20(7-3-16)41-21-8-4-19(29)5-9-21/h2-10,14-15,18,22H,11-13H2,1H3,(H3,33,34)(H,35,39)(H,36,40)/t15?,18-,22+/m1/s1. The maximum atomic E-state index is 13.6. The molecule has 3 amide bonds. The Morgan fingerprint density at radius 3 is 2.29 bits per heavy atom. The molecule has 5 N–H and O–H groups in total. The lowest BCUT2D eigenvalue weighted by atomic mass is 10.0. The monoisotopic (exact) mass is 605 g/mol. The van der Waals surface area contributed by atoms with Gasteiger partial charge in [-0.2, -0.15) is 13.2 Å². The van der Waals surface area contributed by atoms with Crippen LogP contribution in [0.3, 0.4) is 0 Å². The van der Waals surface area contributed by atoms with Crippen LogP contribution in [0.2, 0.25) is 0 Å². The molecule has 0 radical (unpaired) electrons. The van der Waals surface area contributed by atoms with Crippen molar-refractivity contribution in [3.8, 4) is 11.5 Å². The fourth-order valence-electron chi connectivity index (χ4n) is 4.37. The van der Waals surface area contributed by atoms with Gasteiger partial charge in [-0.15, -0.1) is 11.3 Å². The van der Waals surface area contributed by atoms with Crippen molar-refractivity contribution in [2.45, 2.75) is 31.6 Å². The van der Waals surface area contributed by atoms with Gasteiger partial charge >= 0.3 is 6.18 Å². The van der Waals surface area contributed by atoms with Crippen molar-refractivity contribution in [3.63, 3.8) is 0 Å². The molecule has 0 aliphatic carbocycles. The molecule has 1 aliphatic rings. The number of halogens is 4. The summed E-state index contributed by atoms with van der Waals surface area (Å²) < 4.78 is 59.3. The van der Waals surface area contributed by atoms with Gasteiger partial charge in [0.1, 0.15) is 29.2 Å². The van der Waals surface area contributed by atoms with E-state index in [0.29, 0.717) is 21.9 Å². The number of rotatable bonds is 9. The highest BCUT2D eigenvalue weighted by Gasteiger charge is 2.50. The molecule has 4 rings (SSSR count). The van der Waals surface area contributed by atoms with Crippen LogP contribution in [0, 0.1) is 17.1 Å². The lowest BCUT2D eigenvalue weighted by Crippen LogP contribution is -2.49. The summed E-state index contributed by atoms with van der Waals surface area (Å²) in [5.74, 6) is -3.99. The van der Waals surface area contributed by atoms with E-state index in [1.807, 2.05) is 0 Å². The smallest absolute Gasteiger partial charge is 0.393 e. The van der Waals surface area contributed by atoms with Gasteiger partial charge in [-0.1, -0.05) is 0 Å². The molecule has 222 valence electrons. The Labute approximate surface area is 242 Å². The van der Waals surface area contributed by atoms with E-state index < -0.39 is 67.2 Å². The van der Waals surface area contributed by atoms with Crippen LogP contribution < -0.4 is 21.1 Å². The SMILES string of the molecule is CC(NC(=O)[C@@H]1C[C@@H](C(F)(F)F)CN1C(=O)CNC(=O)c1ccc(Oc2ccc(F)cc2)cc1)c1cc(C(=N)N)cs1. The molecule has 0 bridgehead atoms. The first-order valence-corrected chi connectivity index (χ1v) is 13.6. The van der Waals surface area contributed by atoms with Crippen LogP contribution in [-0.2, 0) is 9.59 Å². The number of nitrogens with zero attached hydrogens (tertiary/aromatic N) is 1. The number of likely N-dealkylation sites (tertiary alicyclic amines) is 1. The van der Waals surface area contributed by atoms with E-state index in [9.17, 15) is 31.9 Å². The zero-order chi connectivity index (χ0) is 30.6. The zero-order valence-electron chi connectivity index (χ0n) is 22.2. The Balaban J connectivity index is 1.37. The van der Waals surface area contributed by atoms with Gasteiger partial charge in [0, 0.05) is 27.9 Å². The average molecular weight is 606 g/mol. The quantitative estimate of drug-likeness (QED) is 0.163. The van der Waals surface area contributed by atoms with Crippen molar-refractivity contribution in [2.24, 2.45) is 11.7 Å². The molecular formula is C28H27F4N5O4S. The molecule has 14 heteroatoms. The number of alkyl halides is 3. The van der Waals surface area contributed by atoms with E-state index in [2.05, 4.69) is 10.6 Å². The topological polar surface area (TPSA) is 138 Å². The fraction of sp³-hybridized carbons (Fsp3) is 0.286. The molecule has 3 aromatic rings. The minimum Gasteiger partial charge on any atom is -0.457 e. The minimum atomic E-state index is -4.62. The van der Waals surface area contributed by atoms with Gasteiger partial charge in [-0.25, -0.2) is 4.39 Å². The number of amides is 3. The third-order valence-electron chi connectivity index (χ3n) is 6.67. The predicted molar refractivity (Wildman–Crippen MR) is 147 cm³/mol. The first-order valence-electron chi connectivity index (χ1n) is 12.7. The second-order valence-corrected chi connectivity index (χ2v) is 10.6. The van der Waals surface area contributed by atoms with E-state index >= 15 is 0 Å². The Morgan fingerprint density at radius 2 is 1.71 bits per heavy atom. The van der Waals surface area contributed by atoms with Crippen molar-refractivity contribution < 1.29 is 36.7 Å². The first kappa shape index (κ1) is 30.5. The predicted octanol–water partition coefficient (Wildman–Crippen LogP) is 4.35. The molecule has 2 aromatic carbocycles. The molecule has 9 nitrogen and oxygen atoms in total. The fourth-order valence-corrected chi connectivity index (χ4v) is 5.29. The number of amidine groups is 1. The Kier molecular flexibility index (Phi) is 9.14. The van der Waals surface area contributed by atoms with Crippen LogP contribution in [0.15, 0.2) is 60.0 Å². The number of thiophene rings is 1. The van der Waals surface area contributed by atoms with Gasteiger partial charge in [0.15, 0.2) is 0 Å². The van der Waals surface area contributed by atoms with E-state index in [1.165, 1.54) is 59.9 Å². The summed E-state index contributed by atoms with van der Waals surface area (Å²) in [6.45, 7) is 0.295. The zero-order valence-corrected chi connectivity index (χ0v) is 23.0. The summed E-state index contributed by atoms with van der Waals surface area (Å²) in [4.78, 5) is 40.1. The van der Waals surface area contributed by atoms with Crippen molar-refractivity contribution in [3.05, 3.63) is 81.8 Å².